The summed E-state index contributed by atoms with van der Waals surface area (Å²) < 4.78 is 0. The molecule has 0 nitrogen and oxygen atoms in total. The van der Waals surface area contributed by atoms with Crippen LogP contribution in [0.25, 0.3) is 109 Å². The number of rotatable bonds is 3. The highest BCUT2D eigenvalue weighted by molar-refractivity contribution is 6.25. The Balaban J connectivity index is 1.42. The Morgan fingerprint density at radius 1 is 0.269 bits per heavy atom. The molecule has 0 amide bonds. The van der Waals surface area contributed by atoms with Crippen molar-refractivity contribution >= 4 is 75.4 Å². The largest absolute Gasteiger partial charge is 0.0616 e. The maximum absolute atomic E-state index is 3.70. The summed E-state index contributed by atoms with van der Waals surface area (Å²) in [6.07, 6.45) is 0. The van der Waals surface area contributed by atoms with E-state index in [1.165, 1.54) is 103 Å². The fraction of sp³-hybridized carbons (Fsp3) is 0. The number of benzene rings is 11. The van der Waals surface area contributed by atoms with Crippen molar-refractivity contribution in [3.8, 4) is 33.4 Å². The molecule has 0 saturated heterocycles. The fourth-order valence-corrected chi connectivity index (χ4v) is 8.74. The number of hydrogen-bond acceptors (Lipinski definition) is 0. The van der Waals surface area contributed by atoms with Gasteiger partial charge in [-0.2, -0.15) is 0 Å². The second-order valence-corrected chi connectivity index (χ2v) is 13.9. The molecule has 0 N–H and O–H groups in total. The van der Waals surface area contributed by atoms with Crippen LogP contribution in [-0.4, -0.2) is 0 Å². The summed E-state index contributed by atoms with van der Waals surface area (Å²) >= 11 is 0. The third-order valence-corrected chi connectivity index (χ3v) is 11.1. The van der Waals surface area contributed by atoms with Crippen molar-refractivity contribution in [1.82, 2.24) is 0 Å². The van der Waals surface area contributed by atoms with Crippen LogP contribution < -0.4 is 0 Å². The highest BCUT2D eigenvalue weighted by atomic mass is 14.3. The first-order valence-electron chi connectivity index (χ1n) is 18.0. The van der Waals surface area contributed by atoms with Gasteiger partial charge in [-0.25, -0.2) is 0 Å². The van der Waals surface area contributed by atoms with Crippen molar-refractivity contribution in [1.29, 1.82) is 0 Å². The third-order valence-electron chi connectivity index (χ3n) is 11.1. The van der Waals surface area contributed by atoms with E-state index in [1.807, 2.05) is 0 Å². The minimum absolute atomic E-state index is 1.12. The van der Waals surface area contributed by atoms with Crippen LogP contribution in [0.15, 0.2) is 188 Å². The van der Waals surface area contributed by atoms with Crippen molar-refractivity contribution in [3.63, 3.8) is 0 Å². The lowest BCUT2D eigenvalue weighted by Crippen LogP contribution is -1.96. The van der Waals surface area contributed by atoms with Crippen LogP contribution in [0.1, 0.15) is 0 Å². The van der Waals surface area contributed by atoms with Gasteiger partial charge >= 0.3 is 0 Å². The lowest BCUT2D eigenvalue weighted by Gasteiger charge is -2.23. The molecule has 0 atom stereocenters. The van der Waals surface area contributed by atoms with E-state index in [9.17, 15) is 0 Å². The molecule has 0 heterocycles. The zero-order chi connectivity index (χ0) is 34.2. The zero-order valence-electron chi connectivity index (χ0n) is 28.4. The van der Waals surface area contributed by atoms with Gasteiger partial charge in [-0.05, 0) is 145 Å². The second kappa shape index (κ2) is 11.4. The molecule has 0 bridgehead atoms. The summed E-state index contributed by atoms with van der Waals surface area (Å²) in [5.41, 5.74) is 7.38. The van der Waals surface area contributed by atoms with Gasteiger partial charge in [0.25, 0.3) is 0 Å². The maximum atomic E-state index is 3.70. The van der Waals surface area contributed by atoms with Gasteiger partial charge in [-0.15, -0.1) is 0 Å². The average Bonchev–Trinajstić information content (AvgIpc) is 3.22. The molecular weight excluding hydrogens is 625 g/mol. The minimum atomic E-state index is 1.12. The molecular formula is C52H31. The Labute approximate surface area is 301 Å². The molecule has 0 aromatic heterocycles. The summed E-state index contributed by atoms with van der Waals surface area (Å²) in [6, 6.07) is 73.2. The topological polar surface area (TPSA) is 0 Å². The lowest BCUT2D eigenvalue weighted by atomic mass is 9.79. The predicted molar refractivity (Wildman–Crippen MR) is 224 cm³/mol. The fourth-order valence-electron chi connectivity index (χ4n) is 8.74. The molecule has 0 fully saturated rings. The lowest BCUT2D eigenvalue weighted by molar-refractivity contribution is 1.64. The van der Waals surface area contributed by atoms with Gasteiger partial charge in [0.15, 0.2) is 0 Å². The van der Waals surface area contributed by atoms with Gasteiger partial charge in [0, 0.05) is 0 Å². The van der Waals surface area contributed by atoms with Crippen LogP contribution in [0.5, 0.6) is 0 Å². The Morgan fingerprint density at radius 3 is 1.48 bits per heavy atom. The van der Waals surface area contributed by atoms with E-state index < -0.39 is 0 Å². The van der Waals surface area contributed by atoms with Crippen LogP contribution in [0.2, 0.25) is 0 Å². The molecule has 0 saturated carbocycles. The molecule has 52 heavy (non-hydrogen) atoms. The van der Waals surface area contributed by atoms with Crippen molar-refractivity contribution in [2.75, 3.05) is 0 Å². The summed E-state index contributed by atoms with van der Waals surface area (Å²) in [5.74, 6) is 0. The Morgan fingerprint density at radius 2 is 0.788 bits per heavy atom. The van der Waals surface area contributed by atoms with Crippen LogP contribution in [0.3, 0.4) is 0 Å². The van der Waals surface area contributed by atoms with E-state index in [0.29, 0.717) is 0 Å². The van der Waals surface area contributed by atoms with E-state index >= 15 is 0 Å². The van der Waals surface area contributed by atoms with Crippen LogP contribution >= 0.6 is 0 Å². The quantitative estimate of drug-likeness (QED) is 0.166. The van der Waals surface area contributed by atoms with E-state index in [-0.39, 0.29) is 0 Å². The molecule has 0 aliphatic carbocycles. The van der Waals surface area contributed by atoms with Crippen molar-refractivity contribution in [3.05, 3.63) is 194 Å². The first kappa shape index (κ1) is 29.0. The first-order valence-corrected chi connectivity index (χ1v) is 18.0. The third kappa shape index (κ3) is 4.35. The number of fused-ring (bicyclic) bond motifs is 10. The number of hydrogen-bond donors (Lipinski definition) is 0. The Bertz CT molecular complexity index is 3240. The van der Waals surface area contributed by atoms with Gasteiger partial charge in [-0.1, -0.05) is 158 Å². The molecule has 0 heteroatoms. The van der Waals surface area contributed by atoms with Crippen LogP contribution in [0, 0.1) is 6.07 Å². The van der Waals surface area contributed by atoms with Gasteiger partial charge in [0.2, 0.25) is 0 Å². The van der Waals surface area contributed by atoms with E-state index in [1.54, 1.807) is 0 Å². The van der Waals surface area contributed by atoms with Crippen molar-refractivity contribution < 1.29 is 0 Å². The van der Waals surface area contributed by atoms with Crippen LogP contribution in [-0.2, 0) is 0 Å². The molecule has 1 radical (unpaired) electrons. The van der Waals surface area contributed by atoms with Gasteiger partial charge in [0.1, 0.15) is 0 Å². The van der Waals surface area contributed by atoms with E-state index in [2.05, 4.69) is 194 Å². The summed E-state index contributed by atoms with van der Waals surface area (Å²) in [6.45, 7) is 0. The van der Waals surface area contributed by atoms with Crippen molar-refractivity contribution in [2.45, 2.75) is 0 Å². The smallest absolute Gasteiger partial charge is 0.00137 e. The maximum Gasteiger partial charge on any atom is -0.00137 e. The standard InChI is InChI=1S/C52H31/c1-2-15-35-29-38(26-25-33(35)13-1)51-46-28-27-34-14-3-6-18-39(34)48(46)32-50(47-30-36-16-4-7-19-40(36)42-21-9-11-23-44(42)47)52(51)49-31-37-17-5-8-20-41(37)43-22-10-12-24-45(43)49/h1-26,28-32H. The monoisotopic (exact) mass is 655 g/mol. The summed E-state index contributed by atoms with van der Waals surface area (Å²) in [7, 11) is 0. The molecule has 11 rings (SSSR count). The molecule has 0 unspecified atom stereocenters. The van der Waals surface area contributed by atoms with Crippen molar-refractivity contribution in [2.24, 2.45) is 0 Å². The Hall–Kier alpha value is -6.76. The van der Waals surface area contributed by atoms with Gasteiger partial charge in [0.05, 0.1) is 0 Å². The molecule has 0 spiro atoms. The molecule has 0 aliphatic heterocycles. The van der Waals surface area contributed by atoms with Crippen LogP contribution in [0.4, 0.5) is 0 Å². The zero-order valence-corrected chi connectivity index (χ0v) is 28.4. The first-order chi connectivity index (χ1) is 25.8. The predicted octanol–water partition coefficient (Wildman–Crippen LogP) is 14.6. The van der Waals surface area contributed by atoms with Gasteiger partial charge < -0.3 is 0 Å². The normalized spacial score (nSPS) is 11.8. The molecule has 0 aliphatic rings. The highest BCUT2D eigenvalue weighted by Crippen LogP contribution is 2.51. The van der Waals surface area contributed by atoms with Gasteiger partial charge in [-0.3, -0.25) is 0 Å². The minimum Gasteiger partial charge on any atom is -0.0616 e. The molecule has 11 aromatic rings. The van der Waals surface area contributed by atoms with E-state index in [4.69, 9.17) is 0 Å². The van der Waals surface area contributed by atoms with E-state index in [0.717, 1.165) is 5.39 Å². The average molecular weight is 656 g/mol. The second-order valence-electron chi connectivity index (χ2n) is 13.9. The SMILES string of the molecule is [c]1cc2c(-c3ccc4ccccc4c3)c(-c3cc4ccccc4c4ccccc34)c(-c3cc4ccccc4c4ccccc34)cc2c2ccccc12. The molecule has 11 aromatic carbocycles. The molecule has 239 valence electrons. The summed E-state index contributed by atoms with van der Waals surface area (Å²) in [4.78, 5) is 0. The Kier molecular flexibility index (Phi) is 6.35. The highest BCUT2D eigenvalue weighted by Gasteiger charge is 2.23. The summed E-state index contributed by atoms with van der Waals surface area (Å²) in [5, 5.41) is 17.3.